The molecule has 14 nitrogen and oxygen atoms in total. The van der Waals surface area contributed by atoms with Crippen molar-refractivity contribution in [2.45, 2.75) is 136 Å². The summed E-state index contributed by atoms with van der Waals surface area (Å²) in [5.74, 6) is -5.01. The van der Waals surface area contributed by atoms with E-state index in [9.17, 15) is 14.7 Å². The third-order valence-electron chi connectivity index (χ3n) is 11.3. The van der Waals surface area contributed by atoms with Crippen LogP contribution in [0, 0.1) is 17.7 Å². The lowest BCUT2D eigenvalue weighted by atomic mass is 9.57. The van der Waals surface area contributed by atoms with Crippen molar-refractivity contribution in [1.29, 1.82) is 0 Å². The van der Waals surface area contributed by atoms with Gasteiger partial charge in [0.25, 0.3) is 5.88 Å². The van der Waals surface area contributed by atoms with Gasteiger partial charge < -0.3 is 33.0 Å². The van der Waals surface area contributed by atoms with Crippen LogP contribution in [0.25, 0.3) is 5.76 Å². The highest BCUT2D eigenvalue weighted by molar-refractivity contribution is 6.74. The maximum absolute atomic E-state index is 16.6. The van der Waals surface area contributed by atoms with Crippen molar-refractivity contribution < 1.29 is 56.6 Å². The van der Waals surface area contributed by atoms with E-state index in [4.69, 9.17) is 27.9 Å². The minimum absolute atomic E-state index is 0.00544. The Morgan fingerprint density at radius 1 is 1.00 bits per heavy atom. The first-order valence-electron chi connectivity index (χ1n) is 19.8. The molecule has 320 valence electrons. The number of unbranched alkanes of at least 4 members (excludes halogenated alkanes) is 1. The molecular formula is C42H60FN3O11Si. The van der Waals surface area contributed by atoms with Gasteiger partial charge >= 0.3 is 12.2 Å². The average Bonchev–Trinajstić information content (AvgIpc) is 3.48. The Morgan fingerprint density at radius 2 is 1.62 bits per heavy atom. The monoisotopic (exact) mass is 829 g/mol. The predicted molar refractivity (Wildman–Crippen MR) is 216 cm³/mol. The number of fused-ring (bicyclic) bond motifs is 4. The van der Waals surface area contributed by atoms with Crippen LogP contribution in [0.15, 0.2) is 16.2 Å². The minimum Gasteiger partial charge on any atom is -0.507 e. The third-order valence-corrected chi connectivity index (χ3v) is 15.8. The molecule has 0 unspecified atom stereocenters. The lowest BCUT2D eigenvalue weighted by Gasteiger charge is -2.55. The molecule has 1 N–H and O–H groups in total. The average molecular weight is 830 g/mol. The Hall–Kier alpha value is -4.28. The zero-order chi connectivity index (χ0) is 43.7. The van der Waals surface area contributed by atoms with Gasteiger partial charge in [0.15, 0.2) is 25.4 Å². The van der Waals surface area contributed by atoms with Crippen molar-refractivity contribution in [3.63, 3.8) is 0 Å². The van der Waals surface area contributed by atoms with E-state index in [-0.39, 0.29) is 59.0 Å². The van der Waals surface area contributed by atoms with E-state index in [1.165, 1.54) is 7.05 Å². The van der Waals surface area contributed by atoms with Gasteiger partial charge in [-0.1, -0.05) is 34.1 Å². The number of aromatic nitrogens is 1. The molecule has 1 aromatic heterocycles. The van der Waals surface area contributed by atoms with Gasteiger partial charge in [-0.2, -0.15) is 0 Å². The number of Topliss-reactive ketones (excluding diaryl/α,β-unsaturated/α-hetero) is 2. The molecule has 0 radical (unpaired) electrons. The van der Waals surface area contributed by atoms with Crippen LogP contribution < -0.4 is 14.4 Å². The molecule has 4 atom stereocenters. The molecule has 1 amide bonds. The Kier molecular flexibility index (Phi) is 11.9. The summed E-state index contributed by atoms with van der Waals surface area (Å²) in [6.45, 7) is 21.9. The molecule has 1 saturated carbocycles. The molecule has 3 aliphatic rings. The van der Waals surface area contributed by atoms with Crippen molar-refractivity contribution in [3.8, 4) is 11.6 Å². The van der Waals surface area contributed by atoms with E-state index in [2.05, 4.69) is 5.16 Å². The van der Waals surface area contributed by atoms with Gasteiger partial charge in [0.1, 0.15) is 28.3 Å². The molecule has 58 heavy (non-hydrogen) atoms. The lowest BCUT2D eigenvalue weighted by molar-refractivity contribution is -0.140. The van der Waals surface area contributed by atoms with E-state index >= 15 is 14.0 Å². The van der Waals surface area contributed by atoms with Gasteiger partial charge in [-0.3, -0.25) is 19.4 Å². The normalized spacial score (nSPS) is 22.2. The Labute approximate surface area is 341 Å². The van der Waals surface area contributed by atoms with Gasteiger partial charge in [-0.25, -0.2) is 14.0 Å². The molecule has 0 aliphatic heterocycles. The standard InChI is InChI=1S/C42H60FN3O11Si/c1-16-17-18-52-36-29-33(56-44-36)30(45(11)12)24-20-22-19-23-25(43)21-26(46(13)37(50)54-39(2,3)4)32(53-38(51)55-40(5,6)7)28(23)31(47)27(22)34(48)42(24,35(29)49)57-58(14,15)41(8,9)10/h21-22,24,30,47H,16-20H2,1-15H3/t22-,24-,30-,42-/m0/s1. The van der Waals surface area contributed by atoms with Crippen LogP contribution in [0.3, 0.4) is 0 Å². The SMILES string of the molecule is CCCCOc1noc2c1C(=O)[C@@]1(O[Si](C)(C)C(C)(C)C)C(=O)C3=C(O)c4c(c(F)cc(N(C)C(=O)OC(C)(C)C)c4OC(=O)OC(C)(C)C)C[C@H]3C[C@H]1[C@@H]2N(C)C. The highest BCUT2D eigenvalue weighted by Crippen LogP contribution is 2.59. The van der Waals surface area contributed by atoms with Crippen molar-refractivity contribution in [2.75, 3.05) is 32.6 Å². The summed E-state index contributed by atoms with van der Waals surface area (Å²) < 4.78 is 52.4. The van der Waals surface area contributed by atoms with E-state index in [1.807, 2.05) is 45.7 Å². The molecular weight excluding hydrogens is 770 g/mol. The number of anilines is 1. The smallest absolute Gasteiger partial charge is 0.507 e. The maximum Gasteiger partial charge on any atom is 0.514 e. The Bertz CT molecular complexity index is 2020. The number of carbonyl (C=O) groups is 4. The second-order valence-corrected chi connectivity index (χ2v) is 24.0. The van der Waals surface area contributed by atoms with Gasteiger partial charge in [0.05, 0.1) is 23.9 Å². The molecule has 0 spiro atoms. The maximum atomic E-state index is 16.6. The second-order valence-electron chi connectivity index (χ2n) is 19.3. The highest BCUT2D eigenvalue weighted by Gasteiger charge is 2.69. The third kappa shape index (κ3) is 8.03. The van der Waals surface area contributed by atoms with Crippen LogP contribution in [-0.2, 0) is 25.1 Å². The van der Waals surface area contributed by atoms with Crippen LogP contribution >= 0.6 is 0 Å². The van der Waals surface area contributed by atoms with Crippen LogP contribution in [-0.4, -0.2) is 91.8 Å². The largest absolute Gasteiger partial charge is 0.514 e. The number of nitrogens with zero attached hydrogens (tertiary/aromatic N) is 3. The van der Waals surface area contributed by atoms with Crippen molar-refractivity contribution >= 4 is 43.6 Å². The predicted octanol–water partition coefficient (Wildman–Crippen LogP) is 8.97. The molecule has 5 rings (SSSR count). The zero-order valence-electron chi connectivity index (χ0n) is 36.6. The number of amides is 1. The summed E-state index contributed by atoms with van der Waals surface area (Å²) in [6.07, 6.45) is -0.676. The molecule has 0 saturated heterocycles. The number of ether oxygens (including phenoxy) is 4. The first kappa shape index (κ1) is 44.8. The summed E-state index contributed by atoms with van der Waals surface area (Å²) in [5.41, 5.74) is -5.04. The zero-order valence-corrected chi connectivity index (χ0v) is 37.6. The molecule has 2 aromatic rings. The first-order chi connectivity index (χ1) is 26.6. The molecule has 1 heterocycles. The number of ketones is 2. The first-order valence-corrected chi connectivity index (χ1v) is 22.7. The number of halogens is 1. The van der Waals surface area contributed by atoms with E-state index in [0.717, 1.165) is 17.4 Å². The lowest BCUT2D eigenvalue weighted by Crippen LogP contribution is -2.68. The topological polar surface area (TPSA) is 167 Å². The molecule has 1 fully saturated rings. The molecule has 3 aliphatic carbocycles. The van der Waals surface area contributed by atoms with Gasteiger partial charge in [0, 0.05) is 30.2 Å². The van der Waals surface area contributed by atoms with Gasteiger partial charge in [-0.05, 0) is 104 Å². The van der Waals surface area contributed by atoms with Crippen molar-refractivity contribution in [3.05, 3.63) is 39.9 Å². The Balaban J connectivity index is 1.81. The quantitative estimate of drug-likeness (QED) is 0.0837. The van der Waals surface area contributed by atoms with Gasteiger partial charge in [-0.15, -0.1) is 0 Å². The number of rotatable bonds is 9. The summed E-state index contributed by atoms with van der Waals surface area (Å²) in [4.78, 5) is 60.7. The summed E-state index contributed by atoms with van der Waals surface area (Å²) in [7, 11) is 1.86. The second kappa shape index (κ2) is 15.4. The fourth-order valence-corrected chi connectivity index (χ4v) is 9.12. The van der Waals surface area contributed by atoms with Crippen LogP contribution in [0.1, 0.15) is 122 Å². The fourth-order valence-electron chi connectivity index (χ4n) is 7.67. The highest BCUT2D eigenvalue weighted by atomic mass is 28.4. The van der Waals surface area contributed by atoms with Crippen LogP contribution in [0.4, 0.5) is 19.7 Å². The van der Waals surface area contributed by atoms with E-state index in [0.29, 0.717) is 6.42 Å². The van der Waals surface area contributed by atoms with Crippen molar-refractivity contribution in [2.24, 2.45) is 11.8 Å². The molecule has 16 heteroatoms. The number of benzene rings is 1. The summed E-state index contributed by atoms with van der Waals surface area (Å²) >= 11 is 0. The molecule has 1 aromatic carbocycles. The minimum atomic E-state index is -3.04. The van der Waals surface area contributed by atoms with E-state index in [1.54, 1.807) is 55.6 Å². The Morgan fingerprint density at radius 3 is 2.17 bits per heavy atom. The van der Waals surface area contributed by atoms with Crippen molar-refractivity contribution in [1.82, 2.24) is 10.1 Å². The number of aliphatic hydroxyl groups excluding tert-OH is 1. The number of carbonyl (C=O) groups excluding carboxylic acids is 4. The number of aliphatic hydroxyl groups is 1. The van der Waals surface area contributed by atoms with Gasteiger partial charge in [0.2, 0.25) is 11.6 Å². The van der Waals surface area contributed by atoms with Crippen LogP contribution in [0.5, 0.6) is 11.6 Å². The number of hydrogen-bond donors (Lipinski definition) is 1. The van der Waals surface area contributed by atoms with E-state index < -0.39 is 89.2 Å². The summed E-state index contributed by atoms with van der Waals surface area (Å²) in [6, 6.07) is 0.299. The number of hydrogen-bond acceptors (Lipinski definition) is 13. The van der Waals surface area contributed by atoms with Crippen LogP contribution in [0.2, 0.25) is 18.1 Å². The fraction of sp³-hybridized carbons (Fsp3) is 0.643. The summed E-state index contributed by atoms with van der Waals surface area (Å²) in [5, 5.41) is 16.2. The molecule has 0 bridgehead atoms.